The van der Waals surface area contributed by atoms with Crippen LogP contribution in [0.15, 0.2) is 97.2 Å². The summed E-state index contributed by atoms with van der Waals surface area (Å²) in [5.74, 6) is -0.998. The molecule has 65 heavy (non-hydrogen) atoms. The quantitative estimate of drug-likeness (QED) is 0.0262. The molecule has 0 unspecified atom stereocenters. The van der Waals surface area contributed by atoms with E-state index in [4.69, 9.17) is 14.2 Å². The van der Waals surface area contributed by atoms with Gasteiger partial charge in [-0.3, -0.25) is 14.4 Å². The highest BCUT2D eigenvalue weighted by atomic mass is 16.6. The van der Waals surface area contributed by atoms with Gasteiger partial charge in [0, 0.05) is 19.3 Å². The molecule has 0 saturated heterocycles. The SMILES string of the molecule is CCCCC/C=C\C/C=C\C/C=C\C/C=C\CCCCCC(=O)OC[C@H](COC(=O)CCC/C=C\C/C=C\C/C=C\C/C=C\CCCCC)OC(=O)CCCCCCCCCCCCC. The highest BCUT2D eigenvalue weighted by molar-refractivity contribution is 5.71. The van der Waals surface area contributed by atoms with Crippen LogP contribution in [-0.2, 0) is 28.6 Å². The standard InChI is InChI=1S/C59H98O6/c1-4-7-10-13-16-19-22-24-26-28-29-31-33-35-38-40-43-46-49-52-58(61)64-55-56(65-59(62)53-50-47-44-41-36-21-18-15-12-9-6-3)54-63-57(60)51-48-45-42-39-37-34-32-30-27-25-23-20-17-14-11-8-5-2/h16-17,19-20,24-27,29,31-32,34-35,38-39,42,56H,4-15,18,21-23,28,30,33,36-37,40-41,43-55H2,1-3H3/b19-16-,20-17-,26-24-,27-25-,31-29-,34-32-,38-35-,42-39-/t56-/m0/s1. The van der Waals surface area contributed by atoms with Crippen LogP contribution >= 0.6 is 0 Å². The molecule has 0 aliphatic heterocycles. The largest absolute Gasteiger partial charge is 0.462 e. The van der Waals surface area contributed by atoms with Crippen LogP contribution in [0, 0.1) is 0 Å². The van der Waals surface area contributed by atoms with E-state index in [-0.39, 0.29) is 37.5 Å². The molecule has 6 nitrogen and oxygen atoms in total. The zero-order valence-corrected chi connectivity index (χ0v) is 42.2. The summed E-state index contributed by atoms with van der Waals surface area (Å²) in [4.78, 5) is 38.0. The molecule has 0 aromatic rings. The van der Waals surface area contributed by atoms with Gasteiger partial charge in [0.1, 0.15) is 13.2 Å². The molecule has 0 amide bonds. The summed E-state index contributed by atoms with van der Waals surface area (Å²) in [7, 11) is 0. The zero-order chi connectivity index (χ0) is 47.2. The minimum Gasteiger partial charge on any atom is -0.462 e. The Morgan fingerprint density at radius 3 is 0.954 bits per heavy atom. The smallest absolute Gasteiger partial charge is 0.306 e. The van der Waals surface area contributed by atoms with Gasteiger partial charge in [-0.25, -0.2) is 0 Å². The second-order valence-corrected chi connectivity index (χ2v) is 17.4. The molecule has 6 heteroatoms. The maximum absolute atomic E-state index is 12.8. The Kier molecular flexibility index (Phi) is 50.0. The van der Waals surface area contributed by atoms with E-state index in [1.165, 1.54) is 103 Å². The van der Waals surface area contributed by atoms with Crippen molar-refractivity contribution >= 4 is 17.9 Å². The van der Waals surface area contributed by atoms with E-state index in [0.717, 1.165) is 89.9 Å². The number of esters is 3. The zero-order valence-electron chi connectivity index (χ0n) is 42.2. The molecule has 0 aromatic heterocycles. The van der Waals surface area contributed by atoms with Crippen molar-refractivity contribution in [1.82, 2.24) is 0 Å². The van der Waals surface area contributed by atoms with Crippen LogP contribution in [0.4, 0.5) is 0 Å². The Hall–Kier alpha value is -3.67. The van der Waals surface area contributed by atoms with Crippen LogP contribution < -0.4 is 0 Å². The van der Waals surface area contributed by atoms with E-state index in [1.54, 1.807) is 0 Å². The predicted octanol–water partition coefficient (Wildman–Crippen LogP) is 17.8. The van der Waals surface area contributed by atoms with Crippen molar-refractivity contribution in [3.05, 3.63) is 97.2 Å². The van der Waals surface area contributed by atoms with Gasteiger partial charge in [0.25, 0.3) is 0 Å². The fourth-order valence-corrected chi connectivity index (χ4v) is 7.01. The van der Waals surface area contributed by atoms with Crippen LogP contribution in [0.2, 0.25) is 0 Å². The molecular weight excluding hydrogens is 805 g/mol. The lowest BCUT2D eigenvalue weighted by atomic mass is 10.1. The first-order valence-electron chi connectivity index (χ1n) is 26.7. The monoisotopic (exact) mass is 903 g/mol. The molecule has 0 saturated carbocycles. The molecular formula is C59H98O6. The molecule has 0 radical (unpaired) electrons. The van der Waals surface area contributed by atoms with Gasteiger partial charge < -0.3 is 14.2 Å². The van der Waals surface area contributed by atoms with Gasteiger partial charge in [0.2, 0.25) is 0 Å². The van der Waals surface area contributed by atoms with Gasteiger partial charge in [0.05, 0.1) is 0 Å². The number of rotatable bonds is 47. The van der Waals surface area contributed by atoms with Crippen LogP contribution in [0.25, 0.3) is 0 Å². The predicted molar refractivity (Wildman–Crippen MR) is 279 cm³/mol. The fraction of sp³-hybridized carbons (Fsp3) is 0.678. The lowest BCUT2D eigenvalue weighted by molar-refractivity contribution is -0.167. The van der Waals surface area contributed by atoms with E-state index in [0.29, 0.717) is 19.3 Å². The number of carbonyl (C=O) groups is 3. The third-order valence-corrected chi connectivity index (χ3v) is 11.1. The average Bonchev–Trinajstić information content (AvgIpc) is 3.30. The number of hydrogen-bond donors (Lipinski definition) is 0. The number of carbonyl (C=O) groups excluding carboxylic acids is 3. The van der Waals surface area contributed by atoms with E-state index < -0.39 is 6.10 Å². The molecule has 0 bridgehead atoms. The molecule has 0 aliphatic rings. The van der Waals surface area contributed by atoms with Crippen molar-refractivity contribution in [3.8, 4) is 0 Å². The number of allylic oxidation sites excluding steroid dienone is 16. The highest BCUT2D eigenvalue weighted by Crippen LogP contribution is 2.14. The molecule has 0 N–H and O–H groups in total. The van der Waals surface area contributed by atoms with E-state index in [2.05, 4.69) is 118 Å². The van der Waals surface area contributed by atoms with Gasteiger partial charge >= 0.3 is 17.9 Å². The van der Waals surface area contributed by atoms with Gasteiger partial charge in [-0.05, 0) is 103 Å². The Morgan fingerprint density at radius 2 is 0.569 bits per heavy atom. The maximum atomic E-state index is 12.8. The average molecular weight is 903 g/mol. The van der Waals surface area contributed by atoms with E-state index >= 15 is 0 Å². The summed E-state index contributed by atoms with van der Waals surface area (Å²) in [6.45, 7) is 6.49. The Labute approximate surface area is 400 Å². The Morgan fingerprint density at radius 1 is 0.308 bits per heavy atom. The summed E-state index contributed by atoms with van der Waals surface area (Å²) >= 11 is 0. The molecule has 370 valence electrons. The van der Waals surface area contributed by atoms with Crippen LogP contribution in [0.3, 0.4) is 0 Å². The molecule has 0 rings (SSSR count). The highest BCUT2D eigenvalue weighted by Gasteiger charge is 2.19. The molecule has 0 aromatic carbocycles. The minimum atomic E-state index is -0.811. The molecule has 0 heterocycles. The second-order valence-electron chi connectivity index (χ2n) is 17.4. The lowest BCUT2D eigenvalue weighted by Gasteiger charge is -2.18. The summed E-state index contributed by atoms with van der Waals surface area (Å²) in [6, 6.07) is 0. The molecule has 0 aliphatic carbocycles. The Bertz CT molecular complexity index is 1310. The summed E-state index contributed by atoms with van der Waals surface area (Å²) in [6.07, 6.45) is 69.6. The van der Waals surface area contributed by atoms with Crippen molar-refractivity contribution < 1.29 is 28.6 Å². The Balaban J connectivity index is 4.49. The van der Waals surface area contributed by atoms with Crippen LogP contribution in [0.1, 0.15) is 239 Å². The van der Waals surface area contributed by atoms with E-state index in [1.807, 2.05) is 0 Å². The van der Waals surface area contributed by atoms with Crippen molar-refractivity contribution in [2.24, 2.45) is 0 Å². The lowest BCUT2D eigenvalue weighted by Crippen LogP contribution is -2.30. The topological polar surface area (TPSA) is 78.9 Å². The minimum absolute atomic E-state index is 0.111. The maximum Gasteiger partial charge on any atom is 0.306 e. The van der Waals surface area contributed by atoms with Crippen molar-refractivity contribution in [2.45, 2.75) is 245 Å². The molecule has 0 fully saturated rings. The number of ether oxygens (including phenoxy) is 3. The summed E-state index contributed by atoms with van der Waals surface area (Å²) in [5.41, 5.74) is 0. The van der Waals surface area contributed by atoms with Crippen LogP contribution in [0.5, 0.6) is 0 Å². The van der Waals surface area contributed by atoms with Gasteiger partial charge in [-0.2, -0.15) is 0 Å². The van der Waals surface area contributed by atoms with Gasteiger partial charge in [0.15, 0.2) is 6.10 Å². The third-order valence-electron chi connectivity index (χ3n) is 11.1. The second kappa shape index (κ2) is 52.9. The first-order chi connectivity index (χ1) is 32.0. The number of unbranched alkanes of at least 4 members (excludes halogenated alkanes) is 20. The fourth-order valence-electron chi connectivity index (χ4n) is 7.01. The summed E-state index contributed by atoms with van der Waals surface area (Å²) in [5, 5.41) is 0. The van der Waals surface area contributed by atoms with E-state index in [9.17, 15) is 14.4 Å². The van der Waals surface area contributed by atoms with Crippen molar-refractivity contribution in [1.29, 1.82) is 0 Å². The third kappa shape index (κ3) is 51.2. The van der Waals surface area contributed by atoms with Gasteiger partial charge in [-0.15, -0.1) is 0 Å². The first-order valence-corrected chi connectivity index (χ1v) is 26.7. The van der Waals surface area contributed by atoms with Crippen molar-refractivity contribution in [2.75, 3.05) is 13.2 Å². The van der Waals surface area contributed by atoms with Crippen LogP contribution in [-0.4, -0.2) is 37.2 Å². The summed E-state index contributed by atoms with van der Waals surface area (Å²) < 4.78 is 16.7. The number of hydrogen-bond acceptors (Lipinski definition) is 6. The van der Waals surface area contributed by atoms with Crippen molar-refractivity contribution in [3.63, 3.8) is 0 Å². The molecule has 0 spiro atoms. The molecule has 1 atom stereocenters. The van der Waals surface area contributed by atoms with Gasteiger partial charge in [-0.1, -0.05) is 214 Å². The normalized spacial score (nSPS) is 12.8. The first kappa shape index (κ1) is 61.3.